The molecule has 0 radical (unpaired) electrons. The van der Waals surface area contributed by atoms with E-state index in [4.69, 9.17) is 9.72 Å². The zero-order valence-electron chi connectivity index (χ0n) is 16.7. The average Bonchev–Trinajstić information content (AvgIpc) is 3.35. The van der Waals surface area contributed by atoms with Crippen LogP contribution < -0.4 is 10.9 Å². The molecular weight excluding hydrogens is 406 g/mol. The predicted molar refractivity (Wildman–Crippen MR) is 116 cm³/mol. The minimum absolute atomic E-state index is 0.0373. The van der Waals surface area contributed by atoms with Gasteiger partial charge in [0.15, 0.2) is 5.16 Å². The molecule has 1 amide bonds. The molecule has 1 fully saturated rings. The first kappa shape index (κ1) is 20.5. The quantitative estimate of drug-likeness (QED) is 0.560. The van der Waals surface area contributed by atoms with Gasteiger partial charge in [-0.05, 0) is 49.9 Å². The summed E-state index contributed by atoms with van der Waals surface area (Å²) in [7, 11) is 0. The van der Waals surface area contributed by atoms with Gasteiger partial charge >= 0.3 is 0 Å². The summed E-state index contributed by atoms with van der Waals surface area (Å²) in [6.07, 6.45) is 2.95. The fraction of sp³-hybridized carbons (Fsp3) is 0.476. The first-order valence-corrected chi connectivity index (χ1v) is 11.9. The number of aryl methyl sites for hydroxylation is 3. The van der Waals surface area contributed by atoms with Crippen molar-refractivity contribution in [1.82, 2.24) is 14.9 Å². The molecule has 2 aliphatic heterocycles. The Morgan fingerprint density at radius 2 is 2.14 bits per heavy atom. The third-order valence-corrected chi connectivity index (χ3v) is 7.06. The maximum atomic E-state index is 13.2. The lowest BCUT2D eigenvalue weighted by molar-refractivity contribution is -0.119. The van der Waals surface area contributed by atoms with Gasteiger partial charge in [-0.25, -0.2) is 4.98 Å². The Bertz CT molecular complexity index is 964. The number of aromatic nitrogens is 2. The number of thioether (sulfide) groups is 2. The van der Waals surface area contributed by atoms with Gasteiger partial charge < -0.3 is 10.1 Å². The van der Waals surface area contributed by atoms with Crippen molar-refractivity contribution >= 4 is 29.4 Å². The lowest BCUT2D eigenvalue weighted by atomic mass is 10.1. The van der Waals surface area contributed by atoms with Crippen LogP contribution in [0.1, 0.15) is 29.7 Å². The number of carbonyl (C=O) groups excluding carboxylic acids is 1. The molecule has 154 valence electrons. The molecule has 2 aromatic rings. The van der Waals surface area contributed by atoms with E-state index in [2.05, 4.69) is 11.4 Å². The molecule has 4 rings (SSSR count). The van der Waals surface area contributed by atoms with Gasteiger partial charge in [0.05, 0.1) is 28.1 Å². The van der Waals surface area contributed by atoms with Crippen molar-refractivity contribution in [2.24, 2.45) is 0 Å². The summed E-state index contributed by atoms with van der Waals surface area (Å²) in [6, 6.07) is 6.06. The van der Waals surface area contributed by atoms with Gasteiger partial charge in [0.25, 0.3) is 5.56 Å². The van der Waals surface area contributed by atoms with Gasteiger partial charge in [0, 0.05) is 25.3 Å². The first-order valence-electron chi connectivity index (χ1n) is 9.90. The van der Waals surface area contributed by atoms with Gasteiger partial charge in [-0.1, -0.05) is 17.8 Å². The minimum atomic E-state index is -0.0680. The minimum Gasteiger partial charge on any atom is -0.376 e. The van der Waals surface area contributed by atoms with Crippen molar-refractivity contribution in [2.45, 2.75) is 49.3 Å². The van der Waals surface area contributed by atoms with E-state index in [0.29, 0.717) is 11.7 Å². The molecule has 8 heteroatoms. The summed E-state index contributed by atoms with van der Waals surface area (Å²) in [5, 5.41) is 3.51. The summed E-state index contributed by atoms with van der Waals surface area (Å²) in [5.74, 6) is 1.03. The van der Waals surface area contributed by atoms with Crippen LogP contribution in [0.25, 0.3) is 5.69 Å². The summed E-state index contributed by atoms with van der Waals surface area (Å²) in [6.45, 7) is 5.34. The standard InChI is InChI=1S/C21H25N3O3S2/c1-13-8-14(2)10-15(9-13)24-20(26)19-17(5-7-28-19)23-21(24)29-12-18(25)22-11-16-4-3-6-27-16/h8-10,16H,3-7,11-12H2,1-2H3,(H,22,25)/t16-/m1/s1. The van der Waals surface area contributed by atoms with Crippen molar-refractivity contribution in [2.75, 3.05) is 24.7 Å². The van der Waals surface area contributed by atoms with E-state index >= 15 is 0 Å². The smallest absolute Gasteiger partial charge is 0.272 e. The predicted octanol–water partition coefficient (Wildman–Crippen LogP) is 2.88. The van der Waals surface area contributed by atoms with Gasteiger partial charge in [0.1, 0.15) is 0 Å². The molecule has 0 unspecified atom stereocenters. The van der Waals surface area contributed by atoms with Crippen molar-refractivity contribution in [3.05, 3.63) is 45.4 Å². The molecule has 29 heavy (non-hydrogen) atoms. The van der Waals surface area contributed by atoms with E-state index in [1.165, 1.54) is 11.8 Å². The van der Waals surface area contributed by atoms with Crippen LogP contribution in [0.4, 0.5) is 0 Å². The molecule has 0 aliphatic carbocycles. The van der Waals surface area contributed by atoms with E-state index in [1.54, 1.807) is 16.3 Å². The summed E-state index contributed by atoms with van der Waals surface area (Å²) in [4.78, 5) is 31.1. The van der Waals surface area contributed by atoms with E-state index in [0.717, 1.165) is 59.0 Å². The first-order chi connectivity index (χ1) is 14.0. The van der Waals surface area contributed by atoms with Crippen LogP contribution in [-0.4, -0.2) is 46.2 Å². The van der Waals surface area contributed by atoms with E-state index in [9.17, 15) is 9.59 Å². The fourth-order valence-corrected chi connectivity index (χ4v) is 5.59. The maximum Gasteiger partial charge on any atom is 0.272 e. The van der Waals surface area contributed by atoms with Gasteiger partial charge in [-0.3, -0.25) is 14.2 Å². The van der Waals surface area contributed by atoms with Crippen LogP contribution in [0.15, 0.2) is 33.0 Å². The number of rotatable bonds is 6. The van der Waals surface area contributed by atoms with Crippen LogP contribution in [0, 0.1) is 13.8 Å². The zero-order chi connectivity index (χ0) is 20.4. The highest BCUT2D eigenvalue weighted by molar-refractivity contribution is 8.00. The maximum absolute atomic E-state index is 13.2. The van der Waals surface area contributed by atoms with Crippen molar-refractivity contribution < 1.29 is 9.53 Å². The second kappa shape index (κ2) is 8.93. The highest BCUT2D eigenvalue weighted by Crippen LogP contribution is 2.30. The zero-order valence-corrected chi connectivity index (χ0v) is 18.3. The highest BCUT2D eigenvalue weighted by Gasteiger charge is 2.23. The Morgan fingerprint density at radius 3 is 2.86 bits per heavy atom. The normalized spacial score (nSPS) is 18.1. The Labute approximate surface area is 178 Å². The van der Waals surface area contributed by atoms with Gasteiger partial charge in [-0.2, -0.15) is 0 Å². The van der Waals surface area contributed by atoms with Crippen molar-refractivity contribution in [3.8, 4) is 5.69 Å². The lowest BCUT2D eigenvalue weighted by Crippen LogP contribution is -2.33. The highest BCUT2D eigenvalue weighted by atomic mass is 32.2. The van der Waals surface area contributed by atoms with Crippen molar-refractivity contribution in [3.63, 3.8) is 0 Å². The van der Waals surface area contributed by atoms with Crippen LogP contribution >= 0.6 is 23.5 Å². The van der Waals surface area contributed by atoms with E-state index < -0.39 is 0 Å². The SMILES string of the molecule is Cc1cc(C)cc(-n2c(SCC(=O)NC[C@H]3CCCO3)nc3c(c2=O)SCC3)c1. The largest absolute Gasteiger partial charge is 0.376 e. The summed E-state index contributed by atoms with van der Waals surface area (Å²) < 4.78 is 7.21. The number of amides is 1. The Balaban J connectivity index is 1.57. The Hall–Kier alpha value is -1.77. The number of nitrogens with zero attached hydrogens (tertiary/aromatic N) is 2. The molecule has 0 spiro atoms. The number of hydrogen-bond acceptors (Lipinski definition) is 6. The van der Waals surface area contributed by atoms with Crippen LogP contribution in [-0.2, 0) is 16.0 Å². The summed E-state index contributed by atoms with van der Waals surface area (Å²) in [5.41, 5.74) is 3.79. The number of carbonyl (C=O) groups is 1. The third kappa shape index (κ3) is 4.70. The molecular formula is C21H25N3O3S2. The van der Waals surface area contributed by atoms with Gasteiger partial charge in [-0.15, -0.1) is 11.8 Å². The van der Waals surface area contributed by atoms with Crippen molar-refractivity contribution in [1.29, 1.82) is 0 Å². The number of nitrogens with one attached hydrogen (secondary N) is 1. The lowest BCUT2D eigenvalue weighted by Gasteiger charge is -2.15. The number of benzene rings is 1. The third-order valence-electron chi connectivity index (χ3n) is 5.01. The van der Waals surface area contributed by atoms with Gasteiger partial charge in [0.2, 0.25) is 5.91 Å². The topological polar surface area (TPSA) is 73.2 Å². The van der Waals surface area contributed by atoms with E-state index in [-0.39, 0.29) is 23.3 Å². The van der Waals surface area contributed by atoms with Crippen LogP contribution in [0.2, 0.25) is 0 Å². The molecule has 1 aromatic heterocycles. The second-order valence-corrected chi connectivity index (χ2v) is 9.53. The number of hydrogen-bond donors (Lipinski definition) is 1. The molecule has 0 saturated carbocycles. The number of ether oxygens (including phenoxy) is 1. The summed E-state index contributed by atoms with van der Waals surface area (Å²) >= 11 is 2.88. The second-order valence-electron chi connectivity index (χ2n) is 7.48. The fourth-order valence-electron chi connectivity index (χ4n) is 3.71. The molecule has 6 nitrogen and oxygen atoms in total. The molecule has 0 bridgehead atoms. The average molecular weight is 432 g/mol. The molecule has 1 aromatic carbocycles. The molecule has 1 saturated heterocycles. The monoisotopic (exact) mass is 431 g/mol. The molecule has 2 aliphatic rings. The Morgan fingerprint density at radius 1 is 1.34 bits per heavy atom. The van der Waals surface area contributed by atoms with E-state index in [1.807, 2.05) is 26.0 Å². The molecule has 1 N–H and O–H groups in total. The van der Waals surface area contributed by atoms with Crippen LogP contribution in [0.5, 0.6) is 0 Å². The number of fused-ring (bicyclic) bond motifs is 1. The molecule has 1 atom stereocenters. The Kier molecular flexibility index (Phi) is 6.32. The molecule has 3 heterocycles. The van der Waals surface area contributed by atoms with Crippen LogP contribution in [0.3, 0.4) is 0 Å².